The summed E-state index contributed by atoms with van der Waals surface area (Å²) in [4.78, 5) is 16.2. The molecule has 1 fully saturated rings. The number of anilines is 2. The maximum Gasteiger partial charge on any atom is 0.277 e. The van der Waals surface area contributed by atoms with Crippen molar-refractivity contribution in [3.8, 4) is 5.69 Å². The van der Waals surface area contributed by atoms with Gasteiger partial charge in [0.2, 0.25) is 0 Å². The second-order valence-corrected chi connectivity index (χ2v) is 6.45. The minimum absolute atomic E-state index is 0.269. The predicted molar refractivity (Wildman–Crippen MR) is 103 cm³/mol. The van der Waals surface area contributed by atoms with Crippen molar-refractivity contribution in [3.63, 3.8) is 0 Å². The van der Waals surface area contributed by atoms with E-state index < -0.39 is 0 Å². The van der Waals surface area contributed by atoms with E-state index in [1.807, 2.05) is 54.6 Å². The van der Waals surface area contributed by atoms with Crippen LogP contribution < -0.4 is 10.2 Å². The van der Waals surface area contributed by atoms with Gasteiger partial charge >= 0.3 is 0 Å². The molecule has 1 amide bonds. The summed E-state index contributed by atoms with van der Waals surface area (Å²) in [6.07, 6.45) is 2.79. The normalized spacial score (nSPS) is 16.5. The van der Waals surface area contributed by atoms with Crippen LogP contribution in [0.5, 0.6) is 0 Å². The summed E-state index contributed by atoms with van der Waals surface area (Å²) < 4.78 is 5.41. The zero-order valence-corrected chi connectivity index (χ0v) is 15.1. The molecule has 2 aromatic carbocycles. The van der Waals surface area contributed by atoms with Crippen LogP contribution in [-0.4, -0.2) is 47.2 Å². The maximum atomic E-state index is 12.4. The van der Waals surface area contributed by atoms with Crippen LogP contribution in [-0.2, 0) is 4.74 Å². The molecule has 0 saturated carbocycles. The Morgan fingerprint density at radius 1 is 1.11 bits per heavy atom. The van der Waals surface area contributed by atoms with Gasteiger partial charge < -0.3 is 15.0 Å². The summed E-state index contributed by atoms with van der Waals surface area (Å²) >= 11 is 0. The monoisotopic (exact) mass is 363 g/mol. The number of carbonyl (C=O) groups excluding carboxylic acids is 1. The van der Waals surface area contributed by atoms with Crippen LogP contribution in [0.15, 0.2) is 60.8 Å². The lowest BCUT2D eigenvalue weighted by Gasteiger charge is -2.18. The van der Waals surface area contributed by atoms with E-state index in [1.165, 1.54) is 11.0 Å². The number of aromatic nitrogens is 3. The Morgan fingerprint density at radius 3 is 2.59 bits per heavy atom. The van der Waals surface area contributed by atoms with Crippen molar-refractivity contribution in [1.82, 2.24) is 15.0 Å². The molecule has 3 aromatic rings. The number of para-hydroxylation sites is 1. The molecule has 138 valence electrons. The first kappa shape index (κ1) is 17.2. The Labute approximate surface area is 157 Å². The summed E-state index contributed by atoms with van der Waals surface area (Å²) in [5, 5.41) is 11.3. The van der Waals surface area contributed by atoms with E-state index in [1.54, 1.807) is 7.11 Å². The van der Waals surface area contributed by atoms with Crippen molar-refractivity contribution in [1.29, 1.82) is 0 Å². The molecule has 27 heavy (non-hydrogen) atoms. The first-order valence-electron chi connectivity index (χ1n) is 8.90. The number of carbonyl (C=O) groups is 1. The lowest BCUT2D eigenvalue weighted by atomic mass is 10.2. The highest BCUT2D eigenvalue weighted by Gasteiger charge is 2.22. The number of nitrogens with zero attached hydrogens (tertiary/aromatic N) is 4. The summed E-state index contributed by atoms with van der Waals surface area (Å²) in [5.41, 5.74) is 2.93. The van der Waals surface area contributed by atoms with Crippen molar-refractivity contribution in [2.45, 2.75) is 12.5 Å². The standard InChI is InChI=1S/C20H21N5O2/c1-27-18-11-12-24(14-18)16-9-7-15(8-10-16)22-20(26)19-13-21-25(23-19)17-5-3-2-4-6-17/h2-10,13,18H,11-12,14H2,1H3,(H,22,26). The van der Waals surface area contributed by atoms with Gasteiger partial charge in [0.15, 0.2) is 5.69 Å². The smallest absolute Gasteiger partial charge is 0.277 e. The van der Waals surface area contributed by atoms with Crippen LogP contribution in [0.25, 0.3) is 5.69 Å². The molecule has 1 aromatic heterocycles. The molecule has 7 heteroatoms. The minimum atomic E-state index is -0.287. The second kappa shape index (κ2) is 7.59. The van der Waals surface area contributed by atoms with Crippen LogP contribution in [0.2, 0.25) is 0 Å². The number of hydrogen-bond donors (Lipinski definition) is 1. The van der Waals surface area contributed by atoms with Gasteiger partial charge in [-0.05, 0) is 42.8 Å². The molecule has 1 atom stereocenters. The van der Waals surface area contributed by atoms with Crippen LogP contribution in [0.4, 0.5) is 11.4 Å². The largest absolute Gasteiger partial charge is 0.380 e. The molecule has 1 unspecified atom stereocenters. The number of ether oxygens (including phenoxy) is 1. The topological polar surface area (TPSA) is 72.3 Å². The van der Waals surface area contributed by atoms with Gasteiger partial charge in [0.05, 0.1) is 18.0 Å². The maximum absolute atomic E-state index is 12.4. The van der Waals surface area contributed by atoms with Crippen molar-refractivity contribution in [2.75, 3.05) is 30.4 Å². The SMILES string of the molecule is COC1CCN(c2ccc(NC(=O)c3cnn(-c4ccccc4)n3)cc2)C1. The number of benzene rings is 2. The van der Waals surface area contributed by atoms with Gasteiger partial charge in [0.1, 0.15) is 0 Å². The van der Waals surface area contributed by atoms with Gasteiger partial charge in [-0.25, -0.2) is 0 Å². The lowest BCUT2D eigenvalue weighted by molar-refractivity contribution is 0.102. The second-order valence-electron chi connectivity index (χ2n) is 6.45. The molecule has 0 radical (unpaired) electrons. The van der Waals surface area contributed by atoms with Crippen LogP contribution in [0.3, 0.4) is 0 Å². The summed E-state index contributed by atoms with van der Waals surface area (Å²) in [6, 6.07) is 17.3. The van der Waals surface area contributed by atoms with Gasteiger partial charge in [-0.2, -0.15) is 9.90 Å². The molecule has 1 aliphatic rings. The van der Waals surface area contributed by atoms with Gasteiger partial charge in [-0.3, -0.25) is 4.79 Å². The third kappa shape index (κ3) is 3.83. The number of rotatable bonds is 5. The van der Waals surface area contributed by atoms with E-state index in [0.717, 1.165) is 36.6 Å². The molecule has 0 spiro atoms. The Bertz CT molecular complexity index is 908. The highest BCUT2D eigenvalue weighted by molar-refractivity contribution is 6.02. The molecule has 4 rings (SSSR count). The van der Waals surface area contributed by atoms with E-state index in [2.05, 4.69) is 20.4 Å². The summed E-state index contributed by atoms with van der Waals surface area (Å²) in [6.45, 7) is 1.87. The lowest BCUT2D eigenvalue weighted by Crippen LogP contribution is -2.22. The molecule has 7 nitrogen and oxygen atoms in total. The van der Waals surface area contributed by atoms with E-state index in [4.69, 9.17) is 4.74 Å². The number of methoxy groups -OCH3 is 1. The van der Waals surface area contributed by atoms with Crippen molar-refractivity contribution >= 4 is 17.3 Å². The number of nitrogens with one attached hydrogen (secondary N) is 1. The van der Waals surface area contributed by atoms with Gasteiger partial charge in [0.25, 0.3) is 5.91 Å². The zero-order valence-electron chi connectivity index (χ0n) is 15.1. The van der Waals surface area contributed by atoms with Gasteiger partial charge in [-0.15, -0.1) is 5.10 Å². The summed E-state index contributed by atoms with van der Waals surface area (Å²) in [5.74, 6) is -0.287. The van der Waals surface area contributed by atoms with E-state index in [0.29, 0.717) is 0 Å². The highest BCUT2D eigenvalue weighted by Crippen LogP contribution is 2.23. The minimum Gasteiger partial charge on any atom is -0.380 e. The number of hydrogen-bond acceptors (Lipinski definition) is 5. The Morgan fingerprint density at radius 2 is 1.89 bits per heavy atom. The third-order valence-electron chi connectivity index (χ3n) is 4.68. The predicted octanol–water partition coefficient (Wildman–Crippen LogP) is 2.74. The molecular weight excluding hydrogens is 342 g/mol. The Hall–Kier alpha value is -3.19. The quantitative estimate of drug-likeness (QED) is 0.755. The molecule has 2 heterocycles. The molecule has 1 aliphatic heterocycles. The van der Waals surface area contributed by atoms with Crippen LogP contribution in [0, 0.1) is 0 Å². The van der Waals surface area contributed by atoms with Crippen molar-refractivity contribution in [3.05, 3.63) is 66.5 Å². The van der Waals surface area contributed by atoms with E-state index in [9.17, 15) is 4.79 Å². The van der Waals surface area contributed by atoms with Crippen LogP contribution >= 0.6 is 0 Å². The Kier molecular flexibility index (Phi) is 4.84. The average Bonchev–Trinajstić information content (AvgIpc) is 3.39. The number of amides is 1. The fourth-order valence-corrected chi connectivity index (χ4v) is 3.16. The molecule has 1 N–H and O–H groups in total. The highest BCUT2D eigenvalue weighted by atomic mass is 16.5. The molecule has 0 bridgehead atoms. The van der Waals surface area contributed by atoms with Crippen LogP contribution in [0.1, 0.15) is 16.9 Å². The van der Waals surface area contributed by atoms with Crippen molar-refractivity contribution in [2.24, 2.45) is 0 Å². The molecule has 1 saturated heterocycles. The fourth-order valence-electron chi connectivity index (χ4n) is 3.16. The van der Waals surface area contributed by atoms with E-state index >= 15 is 0 Å². The summed E-state index contributed by atoms with van der Waals surface area (Å²) in [7, 11) is 1.75. The van der Waals surface area contributed by atoms with Gasteiger partial charge in [-0.1, -0.05) is 18.2 Å². The average molecular weight is 363 g/mol. The molecule has 0 aliphatic carbocycles. The first-order valence-corrected chi connectivity index (χ1v) is 8.90. The molecular formula is C20H21N5O2. The van der Waals surface area contributed by atoms with Gasteiger partial charge in [0, 0.05) is 31.6 Å². The zero-order chi connectivity index (χ0) is 18.6. The third-order valence-corrected chi connectivity index (χ3v) is 4.68. The first-order chi connectivity index (χ1) is 13.2. The fraction of sp³-hybridized carbons (Fsp3) is 0.250. The Balaban J connectivity index is 1.41. The van der Waals surface area contributed by atoms with E-state index in [-0.39, 0.29) is 17.7 Å². The van der Waals surface area contributed by atoms with Crippen molar-refractivity contribution < 1.29 is 9.53 Å².